The van der Waals surface area contributed by atoms with Gasteiger partial charge < -0.3 is 14.6 Å². The standard InChI is InChI=1S/C11H15NO3/c1-8(13)7-15-10-5-3-9(4-6-10)11(12)14-2/h3-6,8,12-13H,7H2,1-2H3. The van der Waals surface area contributed by atoms with Crippen molar-refractivity contribution in [3.05, 3.63) is 29.8 Å². The van der Waals surface area contributed by atoms with Gasteiger partial charge in [0.1, 0.15) is 12.4 Å². The zero-order valence-electron chi connectivity index (χ0n) is 8.86. The molecular formula is C11H15NO3. The van der Waals surface area contributed by atoms with E-state index < -0.39 is 6.10 Å². The maximum Gasteiger partial charge on any atom is 0.212 e. The lowest BCUT2D eigenvalue weighted by Crippen LogP contribution is -2.12. The highest BCUT2D eigenvalue weighted by Gasteiger charge is 2.02. The number of ether oxygens (including phenoxy) is 2. The number of benzene rings is 1. The van der Waals surface area contributed by atoms with Crippen LogP contribution >= 0.6 is 0 Å². The molecule has 0 saturated heterocycles. The van der Waals surface area contributed by atoms with E-state index in [-0.39, 0.29) is 12.5 Å². The first-order chi connectivity index (χ1) is 7.13. The molecule has 0 aliphatic carbocycles. The number of hydrogen-bond acceptors (Lipinski definition) is 4. The molecule has 0 spiro atoms. The highest BCUT2D eigenvalue weighted by atomic mass is 16.5. The van der Waals surface area contributed by atoms with E-state index in [0.717, 1.165) is 0 Å². The molecule has 1 unspecified atom stereocenters. The van der Waals surface area contributed by atoms with Crippen LogP contribution < -0.4 is 4.74 Å². The third-order valence-electron chi connectivity index (χ3n) is 1.81. The summed E-state index contributed by atoms with van der Waals surface area (Å²) in [5.74, 6) is 0.792. The van der Waals surface area contributed by atoms with Gasteiger partial charge in [0.2, 0.25) is 5.90 Å². The van der Waals surface area contributed by atoms with Crippen molar-refractivity contribution < 1.29 is 14.6 Å². The molecule has 0 aliphatic heterocycles. The molecule has 1 aromatic carbocycles. The van der Waals surface area contributed by atoms with Gasteiger partial charge in [0, 0.05) is 5.56 Å². The second-order valence-electron chi connectivity index (χ2n) is 3.22. The SMILES string of the molecule is COC(=N)c1ccc(OCC(C)O)cc1. The number of aliphatic hydroxyl groups excluding tert-OH is 1. The molecule has 2 N–H and O–H groups in total. The molecule has 15 heavy (non-hydrogen) atoms. The van der Waals surface area contributed by atoms with Crippen molar-refractivity contribution in [2.45, 2.75) is 13.0 Å². The van der Waals surface area contributed by atoms with Gasteiger partial charge in [0.25, 0.3) is 0 Å². The summed E-state index contributed by atoms with van der Waals surface area (Å²) < 4.78 is 10.1. The second kappa shape index (κ2) is 5.36. The summed E-state index contributed by atoms with van der Waals surface area (Å²) in [7, 11) is 1.46. The van der Waals surface area contributed by atoms with E-state index >= 15 is 0 Å². The Hall–Kier alpha value is -1.55. The molecule has 0 aliphatic rings. The molecule has 82 valence electrons. The fourth-order valence-electron chi connectivity index (χ4n) is 1.04. The predicted octanol–water partition coefficient (Wildman–Crippen LogP) is 1.42. The lowest BCUT2D eigenvalue weighted by molar-refractivity contribution is 0.122. The topological polar surface area (TPSA) is 62.5 Å². The van der Waals surface area contributed by atoms with Crippen molar-refractivity contribution in [1.82, 2.24) is 0 Å². The van der Waals surface area contributed by atoms with E-state index in [1.807, 2.05) is 0 Å². The van der Waals surface area contributed by atoms with Crippen molar-refractivity contribution in [2.75, 3.05) is 13.7 Å². The van der Waals surface area contributed by atoms with Crippen LogP contribution in [0, 0.1) is 5.41 Å². The number of aliphatic hydroxyl groups is 1. The minimum atomic E-state index is -0.484. The first-order valence-electron chi connectivity index (χ1n) is 4.67. The van der Waals surface area contributed by atoms with E-state index in [4.69, 9.17) is 20.0 Å². The summed E-state index contributed by atoms with van der Waals surface area (Å²) in [4.78, 5) is 0. The van der Waals surface area contributed by atoms with E-state index in [0.29, 0.717) is 11.3 Å². The normalized spacial score (nSPS) is 11.9. The van der Waals surface area contributed by atoms with E-state index in [2.05, 4.69) is 0 Å². The molecular weight excluding hydrogens is 194 g/mol. The number of hydrogen-bond donors (Lipinski definition) is 2. The molecule has 1 aromatic rings. The van der Waals surface area contributed by atoms with E-state index in [1.165, 1.54) is 7.11 Å². The highest BCUT2D eigenvalue weighted by molar-refractivity contribution is 5.91. The summed E-state index contributed by atoms with van der Waals surface area (Å²) in [5, 5.41) is 16.4. The van der Waals surface area contributed by atoms with E-state index in [1.54, 1.807) is 31.2 Å². The average Bonchev–Trinajstić information content (AvgIpc) is 2.26. The minimum absolute atomic E-state index is 0.122. The van der Waals surface area contributed by atoms with Crippen LogP contribution in [0.2, 0.25) is 0 Å². The van der Waals surface area contributed by atoms with Crippen molar-refractivity contribution in [2.24, 2.45) is 0 Å². The zero-order valence-corrected chi connectivity index (χ0v) is 8.86. The fourth-order valence-corrected chi connectivity index (χ4v) is 1.04. The Morgan fingerprint density at radius 1 is 1.40 bits per heavy atom. The molecule has 4 heteroatoms. The van der Waals surface area contributed by atoms with Crippen LogP contribution in [-0.4, -0.2) is 30.8 Å². The molecule has 0 fully saturated rings. The Morgan fingerprint density at radius 3 is 2.47 bits per heavy atom. The van der Waals surface area contributed by atoms with Gasteiger partial charge in [-0.3, -0.25) is 5.41 Å². The van der Waals surface area contributed by atoms with Crippen LogP contribution in [0.4, 0.5) is 0 Å². The summed E-state index contributed by atoms with van der Waals surface area (Å²) >= 11 is 0. The molecule has 4 nitrogen and oxygen atoms in total. The first kappa shape index (κ1) is 11.5. The van der Waals surface area contributed by atoms with Crippen molar-refractivity contribution >= 4 is 5.90 Å². The highest BCUT2D eigenvalue weighted by Crippen LogP contribution is 2.12. The van der Waals surface area contributed by atoms with Crippen LogP contribution in [0.25, 0.3) is 0 Å². The Labute approximate surface area is 89.0 Å². The summed E-state index contributed by atoms with van der Waals surface area (Å²) in [6.07, 6.45) is -0.484. The monoisotopic (exact) mass is 209 g/mol. The molecule has 0 radical (unpaired) electrons. The summed E-state index contributed by atoms with van der Waals surface area (Å²) in [6.45, 7) is 1.93. The molecule has 0 bridgehead atoms. The lowest BCUT2D eigenvalue weighted by atomic mass is 10.2. The molecule has 0 aromatic heterocycles. The van der Waals surface area contributed by atoms with Gasteiger partial charge in [-0.25, -0.2) is 0 Å². The Bertz CT molecular complexity index is 319. The smallest absolute Gasteiger partial charge is 0.212 e. The van der Waals surface area contributed by atoms with Crippen molar-refractivity contribution in [3.63, 3.8) is 0 Å². The van der Waals surface area contributed by atoms with Crippen molar-refractivity contribution in [1.29, 1.82) is 5.41 Å². The van der Waals surface area contributed by atoms with Crippen LogP contribution in [0.3, 0.4) is 0 Å². The maximum absolute atomic E-state index is 9.02. The first-order valence-corrected chi connectivity index (χ1v) is 4.67. The Morgan fingerprint density at radius 2 is 2.00 bits per heavy atom. The maximum atomic E-state index is 9.02. The third kappa shape index (κ3) is 3.59. The average molecular weight is 209 g/mol. The van der Waals surface area contributed by atoms with Gasteiger partial charge in [0.15, 0.2) is 0 Å². The third-order valence-corrected chi connectivity index (χ3v) is 1.81. The number of methoxy groups -OCH3 is 1. The minimum Gasteiger partial charge on any atom is -0.491 e. The van der Waals surface area contributed by atoms with Gasteiger partial charge in [-0.2, -0.15) is 0 Å². The zero-order chi connectivity index (χ0) is 11.3. The summed E-state index contributed by atoms with van der Waals surface area (Å²) in [5.41, 5.74) is 0.696. The van der Waals surface area contributed by atoms with Crippen LogP contribution in [-0.2, 0) is 4.74 Å². The second-order valence-corrected chi connectivity index (χ2v) is 3.22. The Kier molecular flexibility index (Phi) is 4.12. The van der Waals surface area contributed by atoms with Crippen LogP contribution in [0.1, 0.15) is 12.5 Å². The fraction of sp³-hybridized carbons (Fsp3) is 0.364. The predicted molar refractivity (Wildman–Crippen MR) is 57.5 cm³/mol. The number of rotatable bonds is 4. The quantitative estimate of drug-likeness (QED) is 0.582. The van der Waals surface area contributed by atoms with Gasteiger partial charge in [0.05, 0.1) is 13.2 Å². The molecule has 1 rings (SSSR count). The van der Waals surface area contributed by atoms with Gasteiger partial charge in [-0.05, 0) is 31.2 Å². The van der Waals surface area contributed by atoms with Gasteiger partial charge >= 0.3 is 0 Å². The largest absolute Gasteiger partial charge is 0.491 e. The van der Waals surface area contributed by atoms with Gasteiger partial charge in [-0.15, -0.1) is 0 Å². The van der Waals surface area contributed by atoms with Crippen LogP contribution in [0.5, 0.6) is 5.75 Å². The number of nitrogens with one attached hydrogen (secondary N) is 1. The van der Waals surface area contributed by atoms with Crippen LogP contribution in [0.15, 0.2) is 24.3 Å². The van der Waals surface area contributed by atoms with Gasteiger partial charge in [-0.1, -0.05) is 0 Å². The molecule has 0 heterocycles. The van der Waals surface area contributed by atoms with E-state index in [9.17, 15) is 0 Å². The molecule has 0 amide bonds. The molecule has 1 atom stereocenters. The molecule has 0 saturated carbocycles. The summed E-state index contributed by atoms with van der Waals surface area (Å²) in [6, 6.07) is 6.96. The Balaban J connectivity index is 2.60. The van der Waals surface area contributed by atoms with Crippen molar-refractivity contribution in [3.8, 4) is 5.75 Å². The lowest BCUT2D eigenvalue weighted by Gasteiger charge is -2.08.